The Kier molecular flexibility index (Phi) is 6.26. The number of hydrogen-bond donors (Lipinski definition) is 1. The second-order valence-electron chi connectivity index (χ2n) is 7.15. The monoisotopic (exact) mass is 394 g/mol. The van der Waals surface area contributed by atoms with Crippen molar-refractivity contribution in [1.29, 1.82) is 0 Å². The van der Waals surface area contributed by atoms with Gasteiger partial charge in [-0.2, -0.15) is 4.98 Å². The molecule has 7 nitrogen and oxygen atoms in total. The first-order valence-corrected chi connectivity index (χ1v) is 9.80. The molecule has 0 saturated heterocycles. The summed E-state index contributed by atoms with van der Waals surface area (Å²) in [5, 5.41) is 6.85. The molecular formula is C22H26N4O3. The average Bonchev–Trinajstić information content (AvgIpc) is 3.16. The first-order chi connectivity index (χ1) is 13.9. The van der Waals surface area contributed by atoms with Crippen LogP contribution in [0.3, 0.4) is 0 Å². The number of rotatable bonds is 7. The highest BCUT2D eigenvalue weighted by Gasteiger charge is 2.15. The van der Waals surface area contributed by atoms with Gasteiger partial charge in [0, 0.05) is 30.8 Å². The number of aryl methyl sites for hydroxylation is 3. The van der Waals surface area contributed by atoms with E-state index in [1.165, 1.54) is 0 Å². The van der Waals surface area contributed by atoms with Crippen LogP contribution in [0.25, 0.3) is 11.4 Å². The van der Waals surface area contributed by atoms with E-state index >= 15 is 0 Å². The van der Waals surface area contributed by atoms with Crippen molar-refractivity contribution >= 4 is 11.6 Å². The van der Waals surface area contributed by atoms with Crippen LogP contribution in [0.2, 0.25) is 0 Å². The van der Waals surface area contributed by atoms with E-state index in [0.29, 0.717) is 24.4 Å². The summed E-state index contributed by atoms with van der Waals surface area (Å²) in [6.07, 6.45) is 1.37. The minimum absolute atomic E-state index is 0.126. The summed E-state index contributed by atoms with van der Waals surface area (Å²) in [6, 6.07) is 9.38. The second kappa shape index (κ2) is 8.86. The predicted octanol–water partition coefficient (Wildman–Crippen LogP) is 3.80. The normalized spacial score (nSPS) is 10.9. The molecule has 0 unspecified atom stereocenters. The summed E-state index contributed by atoms with van der Waals surface area (Å²) in [4.78, 5) is 29.3. The summed E-state index contributed by atoms with van der Waals surface area (Å²) in [5.41, 5.74) is 4.13. The Balaban J connectivity index is 1.68. The lowest BCUT2D eigenvalue weighted by Gasteiger charge is -2.09. The standard InChI is InChI=1S/C22H26N4O3/c1-5-13-26-15(3)9-10-17(22(26)28)21-24-20(29-25-21)12-11-19(27)23-18-8-6-7-14(2)16(18)4/h6-10H,5,11-13H2,1-4H3,(H,23,27). The van der Waals surface area contributed by atoms with Gasteiger partial charge < -0.3 is 14.4 Å². The molecule has 2 heterocycles. The number of amides is 1. The van der Waals surface area contributed by atoms with Crippen molar-refractivity contribution in [3.05, 3.63) is 63.4 Å². The van der Waals surface area contributed by atoms with E-state index in [1.807, 2.05) is 52.0 Å². The Labute approximate surface area is 169 Å². The van der Waals surface area contributed by atoms with E-state index in [-0.39, 0.29) is 23.7 Å². The fourth-order valence-electron chi connectivity index (χ4n) is 3.13. The third kappa shape index (κ3) is 4.62. The van der Waals surface area contributed by atoms with E-state index in [4.69, 9.17) is 4.52 Å². The fraction of sp³-hybridized carbons (Fsp3) is 0.364. The molecule has 0 bridgehead atoms. The molecule has 7 heteroatoms. The second-order valence-corrected chi connectivity index (χ2v) is 7.15. The van der Waals surface area contributed by atoms with Crippen molar-refractivity contribution in [3.63, 3.8) is 0 Å². The van der Waals surface area contributed by atoms with E-state index in [1.54, 1.807) is 10.6 Å². The van der Waals surface area contributed by atoms with Crippen molar-refractivity contribution in [2.75, 3.05) is 5.32 Å². The van der Waals surface area contributed by atoms with Gasteiger partial charge in [-0.3, -0.25) is 9.59 Å². The SMILES string of the molecule is CCCn1c(C)ccc(-c2noc(CCC(=O)Nc3cccc(C)c3C)n2)c1=O. The molecule has 1 amide bonds. The molecule has 0 radical (unpaired) electrons. The number of carbonyl (C=O) groups excluding carboxylic acids is 1. The summed E-state index contributed by atoms with van der Waals surface area (Å²) in [5.74, 6) is 0.460. The van der Waals surface area contributed by atoms with Crippen molar-refractivity contribution in [2.45, 2.75) is 53.5 Å². The number of hydrogen-bond acceptors (Lipinski definition) is 5. The first-order valence-electron chi connectivity index (χ1n) is 9.80. The zero-order chi connectivity index (χ0) is 21.0. The predicted molar refractivity (Wildman–Crippen MR) is 112 cm³/mol. The number of aromatic nitrogens is 3. The van der Waals surface area contributed by atoms with Crippen molar-refractivity contribution in [3.8, 4) is 11.4 Å². The average molecular weight is 394 g/mol. The summed E-state index contributed by atoms with van der Waals surface area (Å²) in [6.45, 7) is 8.54. The Hall–Kier alpha value is -3.22. The highest BCUT2D eigenvalue weighted by Crippen LogP contribution is 2.18. The quantitative estimate of drug-likeness (QED) is 0.658. The van der Waals surface area contributed by atoms with Crippen LogP contribution in [-0.2, 0) is 17.8 Å². The van der Waals surface area contributed by atoms with E-state index in [0.717, 1.165) is 28.9 Å². The third-order valence-electron chi connectivity index (χ3n) is 4.99. The number of anilines is 1. The molecule has 0 aliphatic rings. The van der Waals surface area contributed by atoms with Crippen LogP contribution in [-0.4, -0.2) is 20.6 Å². The largest absolute Gasteiger partial charge is 0.339 e. The minimum atomic E-state index is -0.133. The van der Waals surface area contributed by atoms with Gasteiger partial charge in [0.1, 0.15) is 0 Å². The molecule has 0 saturated carbocycles. The topological polar surface area (TPSA) is 90.0 Å². The Bertz CT molecular complexity index is 1080. The number of nitrogens with zero attached hydrogens (tertiary/aromatic N) is 3. The van der Waals surface area contributed by atoms with Crippen LogP contribution in [0, 0.1) is 20.8 Å². The molecule has 3 aromatic rings. The highest BCUT2D eigenvalue weighted by molar-refractivity contribution is 5.91. The van der Waals surface area contributed by atoms with Crippen LogP contribution in [0.15, 0.2) is 39.6 Å². The van der Waals surface area contributed by atoms with Gasteiger partial charge in [0.15, 0.2) is 0 Å². The number of nitrogens with one attached hydrogen (secondary N) is 1. The summed E-state index contributed by atoms with van der Waals surface area (Å²) in [7, 11) is 0. The molecule has 152 valence electrons. The molecule has 0 spiro atoms. The van der Waals surface area contributed by atoms with Crippen molar-refractivity contribution in [2.24, 2.45) is 0 Å². The summed E-state index contributed by atoms with van der Waals surface area (Å²) < 4.78 is 6.97. The molecule has 0 atom stereocenters. The van der Waals surface area contributed by atoms with Gasteiger partial charge in [-0.05, 0) is 56.5 Å². The third-order valence-corrected chi connectivity index (χ3v) is 4.99. The first kappa shape index (κ1) is 20.5. The van der Waals surface area contributed by atoms with Gasteiger partial charge in [-0.25, -0.2) is 0 Å². The van der Waals surface area contributed by atoms with Gasteiger partial charge >= 0.3 is 0 Å². The van der Waals surface area contributed by atoms with Gasteiger partial charge in [0.05, 0.1) is 5.56 Å². The van der Waals surface area contributed by atoms with Gasteiger partial charge in [0.25, 0.3) is 5.56 Å². The Morgan fingerprint density at radius 1 is 1.17 bits per heavy atom. The van der Waals surface area contributed by atoms with Crippen molar-refractivity contribution < 1.29 is 9.32 Å². The molecule has 1 N–H and O–H groups in total. The zero-order valence-electron chi connectivity index (χ0n) is 17.3. The lowest BCUT2D eigenvalue weighted by Crippen LogP contribution is -2.23. The van der Waals surface area contributed by atoms with Crippen LogP contribution >= 0.6 is 0 Å². The molecule has 29 heavy (non-hydrogen) atoms. The lowest BCUT2D eigenvalue weighted by molar-refractivity contribution is -0.116. The van der Waals surface area contributed by atoms with E-state index in [2.05, 4.69) is 15.5 Å². The molecule has 0 aliphatic carbocycles. The molecule has 0 fully saturated rings. The van der Waals surface area contributed by atoms with Crippen molar-refractivity contribution in [1.82, 2.24) is 14.7 Å². The molecule has 2 aromatic heterocycles. The lowest BCUT2D eigenvalue weighted by atomic mass is 10.1. The molecular weight excluding hydrogens is 368 g/mol. The highest BCUT2D eigenvalue weighted by atomic mass is 16.5. The zero-order valence-corrected chi connectivity index (χ0v) is 17.3. The van der Waals surface area contributed by atoms with Crippen LogP contribution < -0.4 is 10.9 Å². The maximum Gasteiger partial charge on any atom is 0.261 e. The summed E-state index contributed by atoms with van der Waals surface area (Å²) >= 11 is 0. The van der Waals surface area contributed by atoms with Gasteiger partial charge in [0.2, 0.25) is 17.6 Å². The maximum absolute atomic E-state index is 12.7. The molecule has 3 rings (SSSR count). The number of carbonyl (C=O) groups is 1. The van der Waals surface area contributed by atoms with Crippen LogP contribution in [0.1, 0.15) is 42.5 Å². The number of benzene rings is 1. The number of pyridine rings is 1. The molecule has 0 aliphatic heterocycles. The van der Waals surface area contributed by atoms with Crippen LogP contribution in [0.5, 0.6) is 0 Å². The molecule has 1 aromatic carbocycles. The Morgan fingerprint density at radius 3 is 2.72 bits per heavy atom. The smallest absolute Gasteiger partial charge is 0.261 e. The van der Waals surface area contributed by atoms with E-state index < -0.39 is 0 Å². The fourth-order valence-corrected chi connectivity index (χ4v) is 3.13. The van der Waals surface area contributed by atoms with Gasteiger partial charge in [-0.15, -0.1) is 0 Å². The van der Waals surface area contributed by atoms with E-state index in [9.17, 15) is 9.59 Å². The van der Waals surface area contributed by atoms with Crippen LogP contribution in [0.4, 0.5) is 5.69 Å². The maximum atomic E-state index is 12.7. The Morgan fingerprint density at radius 2 is 1.97 bits per heavy atom. The van der Waals surface area contributed by atoms with Gasteiger partial charge in [-0.1, -0.05) is 24.2 Å². The minimum Gasteiger partial charge on any atom is -0.339 e.